The van der Waals surface area contributed by atoms with Gasteiger partial charge < -0.3 is 10.6 Å². The predicted molar refractivity (Wildman–Crippen MR) is 57.1 cm³/mol. The highest BCUT2D eigenvalue weighted by molar-refractivity contribution is 5.78. The maximum atomic E-state index is 11.4. The number of hydrogen-bond donors (Lipinski definition) is 2. The summed E-state index contributed by atoms with van der Waals surface area (Å²) < 4.78 is 0. The number of nitrogens with one attached hydrogen (secondary N) is 2. The summed E-state index contributed by atoms with van der Waals surface area (Å²) in [5.41, 5.74) is 0. The van der Waals surface area contributed by atoms with Crippen molar-refractivity contribution in [2.75, 3.05) is 32.7 Å². The Morgan fingerprint density at radius 1 is 1.79 bits per heavy atom. The van der Waals surface area contributed by atoms with E-state index >= 15 is 0 Å². The summed E-state index contributed by atoms with van der Waals surface area (Å²) in [6.45, 7) is 9.62. The molecule has 1 saturated heterocycles. The van der Waals surface area contributed by atoms with Crippen molar-refractivity contribution in [3.63, 3.8) is 0 Å². The van der Waals surface area contributed by atoms with Crippen LogP contribution in [0.15, 0.2) is 12.7 Å². The second-order valence-electron chi connectivity index (χ2n) is 3.62. The minimum Gasteiger partial charge on any atom is -0.352 e. The van der Waals surface area contributed by atoms with Crippen LogP contribution in [0.2, 0.25) is 0 Å². The van der Waals surface area contributed by atoms with E-state index in [1.807, 2.05) is 0 Å². The highest BCUT2D eigenvalue weighted by atomic mass is 16.2. The smallest absolute Gasteiger partial charge is 0.234 e. The number of nitrogens with zero attached hydrogens (tertiary/aromatic N) is 1. The molecule has 80 valence electrons. The van der Waals surface area contributed by atoms with Gasteiger partial charge in [0, 0.05) is 32.2 Å². The van der Waals surface area contributed by atoms with Gasteiger partial charge in [-0.25, -0.2) is 0 Å². The molecule has 1 fully saturated rings. The number of piperazine rings is 1. The van der Waals surface area contributed by atoms with Gasteiger partial charge in [-0.05, 0) is 6.92 Å². The fraction of sp³-hybridized carbons (Fsp3) is 0.700. The van der Waals surface area contributed by atoms with Crippen LogP contribution in [0.5, 0.6) is 0 Å². The molecule has 0 bridgehead atoms. The SMILES string of the molecule is C=CCNC(=O)CN1CCNC[C@H]1C. The number of carbonyl (C=O) groups is 1. The van der Waals surface area contributed by atoms with Crippen molar-refractivity contribution in [3.05, 3.63) is 12.7 Å². The van der Waals surface area contributed by atoms with E-state index in [0.29, 0.717) is 19.1 Å². The quantitative estimate of drug-likeness (QED) is 0.602. The average Bonchev–Trinajstić information content (AvgIpc) is 2.18. The Hall–Kier alpha value is -0.870. The molecule has 0 spiro atoms. The van der Waals surface area contributed by atoms with E-state index in [0.717, 1.165) is 19.6 Å². The minimum atomic E-state index is 0.0821. The van der Waals surface area contributed by atoms with Gasteiger partial charge in [-0.2, -0.15) is 0 Å². The lowest BCUT2D eigenvalue weighted by Crippen LogP contribution is -2.52. The first-order valence-electron chi connectivity index (χ1n) is 5.06. The number of carbonyl (C=O) groups excluding carboxylic acids is 1. The molecule has 1 atom stereocenters. The van der Waals surface area contributed by atoms with E-state index in [-0.39, 0.29) is 5.91 Å². The van der Waals surface area contributed by atoms with Crippen molar-refractivity contribution in [2.45, 2.75) is 13.0 Å². The third kappa shape index (κ3) is 3.47. The second kappa shape index (κ2) is 5.78. The van der Waals surface area contributed by atoms with Crippen LogP contribution in [-0.2, 0) is 4.79 Å². The molecule has 0 aromatic carbocycles. The Morgan fingerprint density at radius 3 is 3.21 bits per heavy atom. The minimum absolute atomic E-state index is 0.0821. The molecule has 0 aromatic rings. The third-order valence-electron chi connectivity index (χ3n) is 2.43. The van der Waals surface area contributed by atoms with Gasteiger partial charge in [0.15, 0.2) is 0 Å². The van der Waals surface area contributed by atoms with E-state index in [2.05, 4.69) is 29.0 Å². The summed E-state index contributed by atoms with van der Waals surface area (Å²) in [6.07, 6.45) is 1.69. The summed E-state index contributed by atoms with van der Waals surface area (Å²) in [5, 5.41) is 6.07. The van der Waals surface area contributed by atoms with E-state index in [4.69, 9.17) is 0 Å². The van der Waals surface area contributed by atoms with Crippen molar-refractivity contribution in [1.29, 1.82) is 0 Å². The Morgan fingerprint density at radius 2 is 2.57 bits per heavy atom. The van der Waals surface area contributed by atoms with Crippen LogP contribution in [0.25, 0.3) is 0 Å². The zero-order chi connectivity index (χ0) is 10.4. The molecule has 2 N–H and O–H groups in total. The fourth-order valence-corrected chi connectivity index (χ4v) is 1.54. The van der Waals surface area contributed by atoms with Crippen molar-refractivity contribution in [3.8, 4) is 0 Å². The Labute approximate surface area is 85.3 Å². The monoisotopic (exact) mass is 197 g/mol. The summed E-state index contributed by atoms with van der Waals surface area (Å²) in [4.78, 5) is 13.6. The average molecular weight is 197 g/mol. The van der Waals surface area contributed by atoms with Crippen molar-refractivity contribution in [2.24, 2.45) is 0 Å². The Bertz CT molecular complexity index is 206. The molecule has 0 aromatic heterocycles. The largest absolute Gasteiger partial charge is 0.352 e. The maximum absolute atomic E-state index is 11.4. The third-order valence-corrected chi connectivity index (χ3v) is 2.43. The van der Waals surface area contributed by atoms with Crippen LogP contribution in [0, 0.1) is 0 Å². The second-order valence-corrected chi connectivity index (χ2v) is 3.62. The summed E-state index contributed by atoms with van der Waals surface area (Å²) in [7, 11) is 0. The van der Waals surface area contributed by atoms with E-state index in [9.17, 15) is 4.79 Å². The normalized spacial score (nSPS) is 23.1. The van der Waals surface area contributed by atoms with Crippen LogP contribution < -0.4 is 10.6 Å². The molecule has 1 aliphatic heterocycles. The molecule has 14 heavy (non-hydrogen) atoms. The molecule has 0 radical (unpaired) electrons. The van der Waals surface area contributed by atoms with Crippen molar-refractivity contribution < 1.29 is 4.79 Å². The summed E-state index contributed by atoms with van der Waals surface area (Å²) >= 11 is 0. The van der Waals surface area contributed by atoms with Crippen LogP contribution >= 0.6 is 0 Å². The van der Waals surface area contributed by atoms with Gasteiger partial charge in [0.1, 0.15) is 0 Å². The molecule has 1 aliphatic rings. The molecular weight excluding hydrogens is 178 g/mol. The standard InChI is InChI=1S/C10H19N3O/c1-3-4-12-10(14)8-13-6-5-11-7-9(13)2/h3,9,11H,1,4-8H2,2H3,(H,12,14)/t9-/m1/s1. The lowest BCUT2D eigenvalue weighted by atomic mass is 10.2. The number of rotatable bonds is 4. The lowest BCUT2D eigenvalue weighted by molar-refractivity contribution is -0.122. The van der Waals surface area contributed by atoms with E-state index in [1.165, 1.54) is 0 Å². The van der Waals surface area contributed by atoms with E-state index in [1.54, 1.807) is 6.08 Å². The van der Waals surface area contributed by atoms with E-state index < -0.39 is 0 Å². The molecule has 0 unspecified atom stereocenters. The first kappa shape index (κ1) is 11.2. The van der Waals surface area contributed by atoms with Gasteiger partial charge in [0.25, 0.3) is 0 Å². The first-order chi connectivity index (χ1) is 6.74. The molecule has 0 aliphatic carbocycles. The zero-order valence-electron chi connectivity index (χ0n) is 8.75. The van der Waals surface area contributed by atoms with Gasteiger partial charge in [-0.1, -0.05) is 6.08 Å². The van der Waals surface area contributed by atoms with Crippen LogP contribution in [0.4, 0.5) is 0 Å². The predicted octanol–water partition coefficient (Wildman–Crippen LogP) is -0.418. The fourth-order valence-electron chi connectivity index (χ4n) is 1.54. The van der Waals surface area contributed by atoms with Gasteiger partial charge in [-0.15, -0.1) is 6.58 Å². The highest BCUT2D eigenvalue weighted by Gasteiger charge is 2.19. The van der Waals surface area contributed by atoms with Gasteiger partial charge in [0.2, 0.25) is 5.91 Å². The number of amides is 1. The maximum Gasteiger partial charge on any atom is 0.234 e. The van der Waals surface area contributed by atoms with Gasteiger partial charge in [0.05, 0.1) is 6.54 Å². The molecule has 4 heteroatoms. The van der Waals surface area contributed by atoms with Crippen LogP contribution in [0.3, 0.4) is 0 Å². The van der Waals surface area contributed by atoms with Crippen LogP contribution in [0.1, 0.15) is 6.92 Å². The topological polar surface area (TPSA) is 44.4 Å². The number of hydrogen-bond acceptors (Lipinski definition) is 3. The van der Waals surface area contributed by atoms with Gasteiger partial charge >= 0.3 is 0 Å². The molecule has 4 nitrogen and oxygen atoms in total. The Balaban J connectivity index is 2.27. The summed E-state index contributed by atoms with van der Waals surface area (Å²) in [6, 6.07) is 0.443. The molecule has 1 heterocycles. The molecule has 1 amide bonds. The Kier molecular flexibility index (Phi) is 4.62. The zero-order valence-corrected chi connectivity index (χ0v) is 8.75. The van der Waals surface area contributed by atoms with Crippen molar-refractivity contribution in [1.82, 2.24) is 15.5 Å². The highest BCUT2D eigenvalue weighted by Crippen LogP contribution is 2.00. The van der Waals surface area contributed by atoms with Crippen molar-refractivity contribution >= 4 is 5.91 Å². The molecule has 0 saturated carbocycles. The van der Waals surface area contributed by atoms with Crippen LogP contribution in [-0.4, -0.2) is 49.6 Å². The van der Waals surface area contributed by atoms with Gasteiger partial charge in [-0.3, -0.25) is 9.69 Å². The lowest BCUT2D eigenvalue weighted by Gasteiger charge is -2.33. The summed E-state index contributed by atoms with van der Waals surface area (Å²) in [5.74, 6) is 0.0821. The first-order valence-corrected chi connectivity index (χ1v) is 5.06. The molecular formula is C10H19N3O. The molecule has 1 rings (SSSR count).